The second-order valence-corrected chi connectivity index (χ2v) is 10.8. The van der Waals surface area contributed by atoms with Crippen LogP contribution < -0.4 is 9.64 Å². The number of carbonyl (C=O) groups is 3. The van der Waals surface area contributed by atoms with Crippen LogP contribution in [0, 0.1) is 0 Å². The Morgan fingerprint density at radius 1 is 0.974 bits per heavy atom. The van der Waals surface area contributed by atoms with E-state index in [-0.39, 0.29) is 31.1 Å². The van der Waals surface area contributed by atoms with E-state index in [9.17, 15) is 24.6 Å². The average Bonchev–Trinajstić information content (AvgIpc) is 3.22. The number of carboxylic acids is 2. The van der Waals surface area contributed by atoms with Gasteiger partial charge in [-0.15, -0.1) is 0 Å². The molecule has 0 bridgehead atoms. The highest BCUT2D eigenvalue weighted by molar-refractivity contribution is 6.13. The van der Waals surface area contributed by atoms with Crippen LogP contribution in [0.1, 0.15) is 59.8 Å². The first-order valence-electron chi connectivity index (χ1n) is 12.6. The summed E-state index contributed by atoms with van der Waals surface area (Å²) in [5.74, 6) is -1.94. The van der Waals surface area contributed by atoms with Crippen LogP contribution in [0.5, 0.6) is 5.75 Å². The van der Waals surface area contributed by atoms with Crippen molar-refractivity contribution >= 4 is 23.5 Å². The minimum Gasteiger partial charge on any atom is -0.496 e. The summed E-state index contributed by atoms with van der Waals surface area (Å²) >= 11 is 0. The number of carbonyl (C=O) groups excluding carboxylic acids is 1. The third kappa shape index (κ3) is 5.01. The van der Waals surface area contributed by atoms with Crippen LogP contribution in [0.3, 0.4) is 0 Å². The monoisotopic (exact) mass is 515 g/mol. The van der Waals surface area contributed by atoms with Gasteiger partial charge in [0.25, 0.3) is 5.91 Å². The number of rotatable bonds is 8. The molecular weight excluding hydrogens is 482 g/mol. The van der Waals surface area contributed by atoms with Crippen LogP contribution in [0.4, 0.5) is 5.69 Å². The Bertz CT molecular complexity index is 1370. The number of aryl methyl sites for hydroxylation is 1. The van der Waals surface area contributed by atoms with Crippen LogP contribution in [0.25, 0.3) is 0 Å². The fourth-order valence-corrected chi connectivity index (χ4v) is 5.31. The Morgan fingerprint density at radius 3 is 2.29 bits per heavy atom. The largest absolute Gasteiger partial charge is 0.496 e. The number of methoxy groups -OCH3 is 1. The topological polar surface area (TPSA) is 104 Å². The highest BCUT2D eigenvalue weighted by Gasteiger charge is 2.53. The Balaban J connectivity index is 1.88. The Hall–Kier alpha value is -4.13. The molecule has 0 saturated heterocycles. The molecule has 1 aliphatic rings. The van der Waals surface area contributed by atoms with Crippen molar-refractivity contribution in [2.24, 2.45) is 0 Å². The molecular formula is C31H33NO6. The third-order valence-corrected chi connectivity index (χ3v) is 7.19. The van der Waals surface area contributed by atoms with Crippen LogP contribution in [-0.4, -0.2) is 40.7 Å². The van der Waals surface area contributed by atoms with E-state index in [1.54, 1.807) is 31.4 Å². The zero-order chi connectivity index (χ0) is 27.7. The summed E-state index contributed by atoms with van der Waals surface area (Å²) in [5.41, 5.74) is 2.16. The number of hydrogen-bond acceptors (Lipinski definition) is 4. The Kier molecular flexibility index (Phi) is 7.31. The molecule has 1 heterocycles. The molecule has 1 atom stereocenters. The summed E-state index contributed by atoms with van der Waals surface area (Å²) in [4.78, 5) is 40.0. The lowest BCUT2D eigenvalue weighted by atomic mass is 9.84. The van der Waals surface area contributed by atoms with E-state index in [1.807, 2.05) is 42.5 Å². The zero-order valence-electron chi connectivity index (χ0n) is 22.2. The Labute approximate surface area is 222 Å². The van der Waals surface area contributed by atoms with Crippen molar-refractivity contribution in [1.82, 2.24) is 0 Å². The molecule has 38 heavy (non-hydrogen) atoms. The molecule has 7 nitrogen and oxygen atoms in total. The second-order valence-electron chi connectivity index (χ2n) is 10.8. The predicted molar refractivity (Wildman–Crippen MR) is 145 cm³/mol. The van der Waals surface area contributed by atoms with E-state index in [4.69, 9.17) is 4.74 Å². The van der Waals surface area contributed by atoms with Crippen molar-refractivity contribution in [3.05, 3.63) is 94.5 Å². The van der Waals surface area contributed by atoms with Crippen molar-refractivity contribution in [1.29, 1.82) is 0 Å². The van der Waals surface area contributed by atoms with Gasteiger partial charge in [0.05, 0.1) is 7.11 Å². The molecule has 7 heteroatoms. The second kappa shape index (κ2) is 10.3. The lowest BCUT2D eigenvalue weighted by molar-refractivity contribution is -0.143. The normalized spacial score (nSPS) is 16.7. The van der Waals surface area contributed by atoms with Gasteiger partial charge in [0, 0.05) is 30.5 Å². The molecule has 0 fully saturated rings. The minimum absolute atomic E-state index is 0.0747. The zero-order valence-corrected chi connectivity index (χ0v) is 22.2. The number of nitrogens with zero attached hydrogens (tertiary/aromatic N) is 1. The summed E-state index contributed by atoms with van der Waals surface area (Å²) in [6.45, 7) is 6.16. The van der Waals surface area contributed by atoms with Crippen LogP contribution in [-0.2, 0) is 34.3 Å². The maximum Gasteiger partial charge on any atom is 0.330 e. The summed E-state index contributed by atoms with van der Waals surface area (Å²) < 4.78 is 5.62. The molecule has 0 spiro atoms. The molecule has 3 aromatic rings. The van der Waals surface area contributed by atoms with Gasteiger partial charge in [-0.25, -0.2) is 4.79 Å². The van der Waals surface area contributed by atoms with E-state index in [1.165, 1.54) is 4.90 Å². The van der Waals surface area contributed by atoms with Gasteiger partial charge in [-0.1, -0.05) is 69.3 Å². The maximum atomic E-state index is 14.2. The molecule has 198 valence electrons. The van der Waals surface area contributed by atoms with Gasteiger partial charge in [-0.2, -0.15) is 0 Å². The SMILES string of the molecule is COc1cc(C(=O)N2c3cccc(CCC(=O)O)c3CC2(Cc2ccccc2)C(=O)O)ccc1C(C)(C)C. The van der Waals surface area contributed by atoms with Gasteiger partial charge >= 0.3 is 11.9 Å². The minimum atomic E-state index is -1.59. The molecule has 2 N–H and O–H groups in total. The lowest BCUT2D eigenvalue weighted by Gasteiger charge is -2.35. The highest BCUT2D eigenvalue weighted by atomic mass is 16.5. The number of benzene rings is 3. The van der Waals surface area contributed by atoms with Crippen molar-refractivity contribution in [3.8, 4) is 5.75 Å². The van der Waals surface area contributed by atoms with E-state index < -0.39 is 23.4 Å². The van der Waals surface area contributed by atoms with Crippen LogP contribution in [0.15, 0.2) is 66.7 Å². The fraction of sp³-hybridized carbons (Fsp3) is 0.323. The van der Waals surface area contributed by atoms with Gasteiger partial charge in [-0.05, 0) is 52.3 Å². The Morgan fingerprint density at radius 2 is 1.68 bits per heavy atom. The van der Waals surface area contributed by atoms with E-state index in [0.717, 1.165) is 16.7 Å². The van der Waals surface area contributed by atoms with Crippen LogP contribution >= 0.6 is 0 Å². The number of amides is 1. The molecule has 4 rings (SSSR count). The number of ether oxygens (including phenoxy) is 1. The number of fused-ring (bicyclic) bond motifs is 1. The molecule has 1 aliphatic heterocycles. The van der Waals surface area contributed by atoms with Crippen LogP contribution in [0.2, 0.25) is 0 Å². The van der Waals surface area contributed by atoms with Crippen molar-refractivity contribution < 1.29 is 29.3 Å². The van der Waals surface area contributed by atoms with Gasteiger partial charge in [0.15, 0.2) is 5.54 Å². The summed E-state index contributed by atoms with van der Waals surface area (Å²) in [6, 6.07) is 19.8. The number of aliphatic carboxylic acids is 2. The highest BCUT2D eigenvalue weighted by Crippen LogP contribution is 2.44. The molecule has 0 radical (unpaired) electrons. The molecule has 0 saturated carbocycles. The summed E-state index contributed by atoms with van der Waals surface area (Å²) in [6.07, 6.45) is 0.328. The molecule has 0 aliphatic carbocycles. The van der Waals surface area contributed by atoms with Crippen molar-refractivity contribution in [2.45, 2.75) is 57.4 Å². The molecule has 1 unspecified atom stereocenters. The van der Waals surface area contributed by atoms with Gasteiger partial charge in [0.2, 0.25) is 0 Å². The first-order valence-corrected chi connectivity index (χ1v) is 12.6. The first kappa shape index (κ1) is 26.9. The van der Waals surface area contributed by atoms with Crippen molar-refractivity contribution in [3.63, 3.8) is 0 Å². The number of anilines is 1. The van der Waals surface area contributed by atoms with Gasteiger partial charge < -0.3 is 14.9 Å². The molecule has 0 aromatic heterocycles. The smallest absolute Gasteiger partial charge is 0.330 e. The maximum absolute atomic E-state index is 14.2. The van der Waals surface area contributed by atoms with Gasteiger partial charge in [-0.3, -0.25) is 14.5 Å². The number of hydrogen-bond donors (Lipinski definition) is 2. The molecule has 3 aromatic carbocycles. The third-order valence-electron chi connectivity index (χ3n) is 7.19. The summed E-state index contributed by atoms with van der Waals surface area (Å²) in [7, 11) is 1.55. The average molecular weight is 516 g/mol. The fourth-order valence-electron chi connectivity index (χ4n) is 5.31. The van der Waals surface area contributed by atoms with E-state index >= 15 is 0 Å². The van der Waals surface area contributed by atoms with Crippen molar-refractivity contribution in [2.75, 3.05) is 12.0 Å². The standard InChI is InChI=1S/C31H33NO6/c1-30(2,3)24-15-13-22(17-26(24)38-4)28(35)32-25-12-8-11-21(14-16-27(33)34)23(25)19-31(32,29(36)37)18-20-9-6-5-7-10-20/h5-13,15,17H,14,16,18-19H2,1-4H3,(H,33,34)(H,36,37). The predicted octanol–water partition coefficient (Wildman–Crippen LogP) is 5.28. The lowest BCUT2D eigenvalue weighted by Crippen LogP contribution is -2.57. The van der Waals surface area contributed by atoms with E-state index in [2.05, 4.69) is 20.8 Å². The van der Waals surface area contributed by atoms with E-state index in [0.29, 0.717) is 22.6 Å². The van der Waals surface area contributed by atoms with Gasteiger partial charge in [0.1, 0.15) is 5.75 Å². The number of carboxylic acid groups (broad SMARTS) is 2. The quantitative estimate of drug-likeness (QED) is 0.423. The summed E-state index contributed by atoms with van der Waals surface area (Å²) in [5, 5.41) is 20.0. The first-order chi connectivity index (χ1) is 18.0. The molecule has 1 amide bonds.